The Morgan fingerprint density at radius 1 is 0.349 bits per heavy atom. The minimum absolute atomic E-state index is 0.735. The number of carbonyl (C=O) groups excluding carboxylic acids is 1. The average molecular weight is 846 g/mol. The Labute approximate surface area is 374 Å². The summed E-state index contributed by atoms with van der Waals surface area (Å²) >= 11 is 3.28. The molecule has 8 aromatic carbocycles. The molecule has 6 heteroatoms. The molecule has 0 N–H and O–H groups in total. The van der Waals surface area contributed by atoms with Crippen molar-refractivity contribution < 1.29 is 4.79 Å². The van der Waals surface area contributed by atoms with Gasteiger partial charge < -0.3 is 14.4 Å². The van der Waals surface area contributed by atoms with Gasteiger partial charge in [-0.25, -0.2) is 0 Å². The predicted octanol–water partition coefficient (Wildman–Crippen LogP) is 16.7. The third-order valence-electron chi connectivity index (χ3n) is 11.5. The van der Waals surface area contributed by atoms with Crippen LogP contribution in [0.1, 0.15) is 9.67 Å². The van der Waals surface area contributed by atoms with Crippen LogP contribution in [0.5, 0.6) is 0 Å². The van der Waals surface area contributed by atoms with E-state index in [0.29, 0.717) is 0 Å². The minimum atomic E-state index is 0.735. The van der Waals surface area contributed by atoms with Crippen molar-refractivity contribution >= 4 is 84.9 Å². The molecule has 0 aliphatic rings. The van der Waals surface area contributed by atoms with Crippen molar-refractivity contribution in [3.63, 3.8) is 0 Å². The smallest absolute Gasteiger partial charge is 0.160 e. The lowest BCUT2D eigenvalue weighted by molar-refractivity contribution is 0.112. The van der Waals surface area contributed by atoms with E-state index in [1.165, 1.54) is 22.1 Å². The monoisotopic (exact) mass is 845 g/mol. The average Bonchev–Trinajstić information content (AvgIpc) is 4.12. The van der Waals surface area contributed by atoms with Crippen LogP contribution >= 0.6 is 22.7 Å². The first kappa shape index (κ1) is 38.2. The number of nitrogens with zero attached hydrogens (tertiary/aromatic N) is 3. The highest BCUT2D eigenvalue weighted by Crippen LogP contribution is 2.43. The Balaban J connectivity index is 1.01. The van der Waals surface area contributed by atoms with Gasteiger partial charge in [-0.05, 0) is 144 Å². The third kappa shape index (κ3) is 7.31. The Bertz CT molecular complexity index is 3080. The zero-order valence-corrected chi connectivity index (χ0v) is 35.7. The zero-order valence-electron chi connectivity index (χ0n) is 34.1. The van der Waals surface area contributed by atoms with Crippen LogP contribution in [0.3, 0.4) is 0 Å². The van der Waals surface area contributed by atoms with Crippen molar-refractivity contribution in [1.29, 1.82) is 0 Å². The van der Waals surface area contributed by atoms with E-state index >= 15 is 0 Å². The number of aldehydes is 1. The van der Waals surface area contributed by atoms with Crippen LogP contribution in [0.15, 0.2) is 231 Å². The van der Waals surface area contributed by atoms with Crippen LogP contribution in [0, 0.1) is 0 Å². The van der Waals surface area contributed by atoms with Crippen LogP contribution in [-0.4, -0.2) is 10.9 Å². The Morgan fingerprint density at radius 3 is 1.11 bits per heavy atom. The summed E-state index contributed by atoms with van der Waals surface area (Å²) in [4.78, 5) is 19.1. The van der Waals surface area contributed by atoms with E-state index in [1.807, 2.05) is 12.1 Å². The predicted molar refractivity (Wildman–Crippen MR) is 268 cm³/mol. The molecule has 0 radical (unpaired) electrons. The molecule has 3 aromatic heterocycles. The molecule has 0 unspecified atom stereocenters. The number of para-hydroxylation sites is 4. The second-order valence-corrected chi connectivity index (χ2v) is 17.5. The largest absolute Gasteiger partial charge is 0.311 e. The van der Waals surface area contributed by atoms with Crippen LogP contribution < -0.4 is 9.80 Å². The SMILES string of the molecule is O=Cc1ccc(-c2ccc(-n3c4ccc(-c5ccc(N(c6ccccc6)c6ccccc6)cc5)cc4c4cc(-c5ccc(N(c6ccccc6)c6ccccc6)cc5)ccc43)s2)s1. The fraction of sp³-hybridized carbons (Fsp3) is 0. The summed E-state index contributed by atoms with van der Waals surface area (Å²) in [5.74, 6) is 0. The number of hydrogen-bond acceptors (Lipinski definition) is 5. The quantitative estimate of drug-likeness (QED) is 0.121. The van der Waals surface area contributed by atoms with Crippen molar-refractivity contribution in [2.45, 2.75) is 0 Å². The number of hydrogen-bond donors (Lipinski definition) is 0. The van der Waals surface area contributed by atoms with Crippen LogP contribution in [0.4, 0.5) is 34.1 Å². The molecule has 0 spiro atoms. The van der Waals surface area contributed by atoms with Crippen molar-refractivity contribution in [1.82, 2.24) is 4.57 Å². The van der Waals surface area contributed by atoms with E-state index in [2.05, 4.69) is 233 Å². The number of aromatic nitrogens is 1. The Kier molecular flexibility index (Phi) is 10.1. The van der Waals surface area contributed by atoms with Crippen LogP contribution in [-0.2, 0) is 0 Å². The lowest BCUT2D eigenvalue weighted by Gasteiger charge is -2.25. The topological polar surface area (TPSA) is 28.5 Å². The fourth-order valence-corrected chi connectivity index (χ4v) is 10.5. The highest BCUT2D eigenvalue weighted by atomic mass is 32.1. The molecule has 0 aliphatic carbocycles. The van der Waals surface area contributed by atoms with Crippen LogP contribution in [0.25, 0.3) is 58.8 Å². The van der Waals surface area contributed by atoms with Gasteiger partial charge in [-0.1, -0.05) is 109 Å². The van der Waals surface area contributed by atoms with Gasteiger partial charge in [-0.15, -0.1) is 22.7 Å². The molecule has 0 saturated carbocycles. The third-order valence-corrected chi connectivity index (χ3v) is 13.8. The highest BCUT2D eigenvalue weighted by molar-refractivity contribution is 7.24. The van der Waals surface area contributed by atoms with Gasteiger partial charge in [0.2, 0.25) is 0 Å². The molecule has 300 valence electrons. The van der Waals surface area contributed by atoms with Gasteiger partial charge >= 0.3 is 0 Å². The van der Waals surface area contributed by atoms with E-state index in [0.717, 1.165) is 93.3 Å². The minimum Gasteiger partial charge on any atom is -0.311 e. The number of thiophene rings is 2. The number of benzene rings is 8. The van der Waals surface area contributed by atoms with E-state index in [9.17, 15) is 4.79 Å². The van der Waals surface area contributed by atoms with Gasteiger partial charge in [-0.2, -0.15) is 0 Å². The normalized spacial score (nSPS) is 11.2. The molecule has 0 amide bonds. The molecule has 0 bridgehead atoms. The second-order valence-electron chi connectivity index (χ2n) is 15.4. The second kappa shape index (κ2) is 16.6. The number of fused-ring (bicyclic) bond motifs is 3. The summed E-state index contributed by atoms with van der Waals surface area (Å²) in [6, 6.07) is 81.9. The summed E-state index contributed by atoms with van der Waals surface area (Å²) < 4.78 is 2.39. The van der Waals surface area contributed by atoms with Crippen molar-refractivity contribution in [3.8, 4) is 37.0 Å². The molecule has 11 aromatic rings. The summed E-state index contributed by atoms with van der Waals surface area (Å²) in [7, 11) is 0. The van der Waals surface area contributed by atoms with Crippen LogP contribution in [0.2, 0.25) is 0 Å². The highest BCUT2D eigenvalue weighted by Gasteiger charge is 2.19. The zero-order chi connectivity index (χ0) is 42.1. The molecule has 0 saturated heterocycles. The van der Waals surface area contributed by atoms with Crippen molar-refractivity contribution in [2.75, 3.05) is 9.80 Å². The number of carbonyl (C=O) groups is 1. The molecule has 11 rings (SSSR count). The van der Waals surface area contributed by atoms with Gasteiger partial charge in [0.1, 0.15) is 5.00 Å². The van der Waals surface area contributed by atoms with E-state index in [4.69, 9.17) is 0 Å². The maximum absolute atomic E-state index is 11.5. The van der Waals surface area contributed by atoms with Gasteiger partial charge in [0.05, 0.1) is 15.9 Å². The number of rotatable bonds is 11. The summed E-state index contributed by atoms with van der Waals surface area (Å²) in [5.41, 5.74) is 13.5. The summed E-state index contributed by atoms with van der Waals surface area (Å²) in [6.45, 7) is 0. The first-order chi connectivity index (χ1) is 31.2. The molecule has 0 fully saturated rings. The molecule has 63 heavy (non-hydrogen) atoms. The lowest BCUT2D eigenvalue weighted by Crippen LogP contribution is -2.09. The van der Waals surface area contributed by atoms with Gasteiger partial charge in [0.15, 0.2) is 6.29 Å². The molecule has 0 aliphatic heterocycles. The van der Waals surface area contributed by atoms with E-state index in [-0.39, 0.29) is 0 Å². The van der Waals surface area contributed by atoms with Gasteiger partial charge in [0, 0.05) is 54.7 Å². The molecular weight excluding hydrogens is 807 g/mol. The van der Waals surface area contributed by atoms with Crippen molar-refractivity contribution in [3.05, 3.63) is 235 Å². The Hall–Kier alpha value is -7.77. The summed E-state index contributed by atoms with van der Waals surface area (Å²) in [5, 5.41) is 3.51. The molecule has 0 atom stereocenters. The fourth-order valence-electron chi connectivity index (χ4n) is 8.56. The standard InChI is InChI=1S/C57H39N3OS2/c61-39-50-31-34-55(62-50)56-35-36-57(63-56)60-53-32-25-42(40-21-27-48(28-22-40)58(44-13-5-1-6-14-44)45-15-7-2-8-16-45)37-51(53)52-38-43(26-33-54(52)60)41-23-29-49(30-24-41)59(46-17-9-3-10-18-46)47-19-11-4-12-20-47/h1-39H. The van der Waals surface area contributed by atoms with Crippen molar-refractivity contribution in [2.24, 2.45) is 0 Å². The maximum Gasteiger partial charge on any atom is 0.160 e. The summed E-state index contributed by atoms with van der Waals surface area (Å²) in [6.07, 6.45) is 0.928. The Morgan fingerprint density at radius 2 is 0.714 bits per heavy atom. The van der Waals surface area contributed by atoms with E-state index < -0.39 is 0 Å². The number of anilines is 6. The maximum atomic E-state index is 11.5. The first-order valence-corrected chi connectivity index (χ1v) is 22.6. The van der Waals surface area contributed by atoms with E-state index in [1.54, 1.807) is 11.3 Å². The first-order valence-electron chi connectivity index (χ1n) is 20.9. The molecular formula is C57H39N3OS2. The molecule has 3 heterocycles. The van der Waals surface area contributed by atoms with Gasteiger partial charge in [0.25, 0.3) is 0 Å². The van der Waals surface area contributed by atoms with Gasteiger partial charge in [-0.3, -0.25) is 4.79 Å². The lowest BCUT2D eigenvalue weighted by atomic mass is 9.99. The molecule has 4 nitrogen and oxygen atoms in total.